The second kappa shape index (κ2) is 3.72. The number of halogens is 4. The number of hydrogen-bond acceptors (Lipinski definition) is 3. The quantitative estimate of drug-likeness (QED) is 0.758. The largest absolute Gasteiger partial charge is 0.416 e. The first-order chi connectivity index (χ1) is 7.88. The average Bonchev–Trinajstić information content (AvgIpc) is 2.63. The highest BCUT2D eigenvalue weighted by Crippen LogP contribution is 2.32. The number of aromatic nitrogens is 3. The number of nitrogens with zero attached hydrogens (tertiary/aromatic N) is 2. The fourth-order valence-corrected chi connectivity index (χ4v) is 1.28. The predicted octanol–water partition coefficient (Wildman–Crippen LogP) is 2.21. The fraction of sp³-hybridized carbons (Fsp3) is 0.111. The van der Waals surface area contributed by atoms with Gasteiger partial charge < -0.3 is 5.73 Å². The summed E-state index contributed by atoms with van der Waals surface area (Å²) in [4.78, 5) is 3.57. The van der Waals surface area contributed by atoms with Crippen LogP contribution in [0.2, 0.25) is 0 Å². The van der Waals surface area contributed by atoms with E-state index in [1.165, 1.54) is 0 Å². The Morgan fingerprint density at radius 1 is 1.24 bits per heavy atom. The van der Waals surface area contributed by atoms with Crippen LogP contribution in [0.1, 0.15) is 5.56 Å². The summed E-state index contributed by atoms with van der Waals surface area (Å²) < 4.78 is 50.6. The minimum absolute atomic E-state index is 0.147. The molecule has 0 atom stereocenters. The van der Waals surface area contributed by atoms with Crippen LogP contribution in [0.3, 0.4) is 0 Å². The molecule has 1 aromatic heterocycles. The lowest BCUT2D eigenvalue weighted by atomic mass is 10.1. The first kappa shape index (κ1) is 11.4. The lowest BCUT2D eigenvalue weighted by Crippen LogP contribution is -2.05. The number of anilines is 1. The number of benzene rings is 1. The van der Waals surface area contributed by atoms with E-state index in [4.69, 9.17) is 5.73 Å². The molecule has 0 aliphatic heterocycles. The molecule has 0 amide bonds. The van der Waals surface area contributed by atoms with E-state index in [1.54, 1.807) is 0 Å². The highest BCUT2D eigenvalue weighted by Gasteiger charge is 2.31. The number of nitrogen functional groups attached to an aromatic ring is 1. The van der Waals surface area contributed by atoms with Gasteiger partial charge in [0.1, 0.15) is 5.82 Å². The van der Waals surface area contributed by atoms with Crippen LogP contribution in [-0.2, 0) is 6.18 Å². The number of aromatic amines is 1. The molecule has 0 fully saturated rings. The van der Waals surface area contributed by atoms with Crippen molar-refractivity contribution in [1.82, 2.24) is 15.2 Å². The van der Waals surface area contributed by atoms with E-state index in [-0.39, 0.29) is 17.3 Å². The van der Waals surface area contributed by atoms with Gasteiger partial charge in [-0.2, -0.15) is 18.2 Å². The molecule has 0 unspecified atom stereocenters. The fourth-order valence-electron chi connectivity index (χ4n) is 1.28. The van der Waals surface area contributed by atoms with Gasteiger partial charge in [0, 0.05) is 0 Å². The third-order valence-corrected chi connectivity index (χ3v) is 2.05. The van der Waals surface area contributed by atoms with Crippen molar-refractivity contribution in [3.05, 3.63) is 29.6 Å². The molecule has 0 aliphatic rings. The molecule has 4 nitrogen and oxygen atoms in total. The molecule has 0 aliphatic carbocycles. The zero-order chi connectivity index (χ0) is 12.6. The maximum absolute atomic E-state index is 13.4. The van der Waals surface area contributed by atoms with Gasteiger partial charge in [0.25, 0.3) is 0 Å². The highest BCUT2D eigenvalue weighted by molar-refractivity contribution is 5.58. The summed E-state index contributed by atoms with van der Waals surface area (Å²) in [5.74, 6) is -1.16. The Kier molecular flexibility index (Phi) is 2.49. The maximum Gasteiger partial charge on any atom is 0.416 e. The highest BCUT2D eigenvalue weighted by atomic mass is 19.4. The van der Waals surface area contributed by atoms with Gasteiger partial charge in [-0.25, -0.2) is 4.39 Å². The molecular formula is C9H6F4N4. The van der Waals surface area contributed by atoms with Crippen molar-refractivity contribution in [3.8, 4) is 11.4 Å². The van der Waals surface area contributed by atoms with Crippen LogP contribution >= 0.6 is 0 Å². The summed E-state index contributed by atoms with van der Waals surface area (Å²) in [6.45, 7) is 0. The number of nitrogens with two attached hydrogens (primary N) is 1. The average molecular weight is 246 g/mol. The summed E-state index contributed by atoms with van der Waals surface area (Å²) in [6.07, 6.45) is -4.55. The van der Waals surface area contributed by atoms with Gasteiger partial charge in [-0.1, -0.05) is 0 Å². The van der Waals surface area contributed by atoms with E-state index in [9.17, 15) is 17.6 Å². The minimum Gasteiger partial charge on any atom is -0.366 e. The topological polar surface area (TPSA) is 67.6 Å². The molecule has 8 heteroatoms. The van der Waals surface area contributed by atoms with Gasteiger partial charge >= 0.3 is 6.18 Å². The van der Waals surface area contributed by atoms with E-state index >= 15 is 0 Å². The van der Waals surface area contributed by atoms with Crippen molar-refractivity contribution < 1.29 is 17.6 Å². The molecule has 3 N–H and O–H groups in total. The monoisotopic (exact) mass is 246 g/mol. The van der Waals surface area contributed by atoms with E-state index < -0.39 is 17.6 Å². The van der Waals surface area contributed by atoms with Gasteiger partial charge in [-0.3, -0.25) is 5.10 Å². The third-order valence-electron chi connectivity index (χ3n) is 2.05. The summed E-state index contributed by atoms with van der Waals surface area (Å²) in [7, 11) is 0. The molecule has 0 bridgehead atoms. The summed E-state index contributed by atoms with van der Waals surface area (Å²) in [6, 6.07) is 2.02. The van der Waals surface area contributed by atoms with Gasteiger partial charge in [-0.05, 0) is 18.2 Å². The van der Waals surface area contributed by atoms with E-state index in [0.29, 0.717) is 12.1 Å². The molecule has 90 valence electrons. The van der Waals surface area contributed by atoms with Crippen molar-refractivity contribution in [3.63, 3.8) is 0 Å². The first-order valence-corrected chi connectivity index (χ1v) is 4.43. The Bertz CT molecular complexity index is 546. The van der Waals surface area contributed by atoms with Gasteiger partial charge in [0.2, 0.25) is 5.95 Å². The lowest BCUT2D eigenvalue weighted by Gasteiger charge is -2.08. The molecule has 1 heterocycles. The van der Waals surface area contributed by atoms with Crippen LogP contribution < -0.4 is 5.73 Å². The molecule has 0 saturated heterocycles. The Hall–Kier alpha value is -2.12. The Balaban J connectivity index is 2.54. The molecule has 0 saturated carbocycles. The Labute approximate surface area is 92.5 Å². The van der Waals surface area contributed by atoms with Crippen LogP contribution in [0.4, 0.5) is 23.5 Å². The molecule has 1 aromatic carbocycles. The Morgan fingerprint density at radius 2 is 1.94 bits per heavy atom. The number of H-pyrrole nitrogens is 1. The zero-order valence-electron chi connectivity index (χ0n) is 8.22. The van der Waals surface area contributed by atoms with Crippen molar-refractivity contribution in [2.75, 3.05) is 5.73 Å². The molecular weight excluding hydrogens is 240 g/mol. The predicted molar refractivity (Wildman–Crippen MR) is 51.2 cm³/mol. The van der Waals surface area contributed by atoms with Crippen LogP contribution in [-0.4, -0.2) is 15.2 Å². The zero-order valence-corrected chi connectivity index (χ0v) is 8.22. The Morgan fingerprint density at radius 3 is 2.47 bits per heavy atom. The molecule has 0 radical (unpaired) electrons. The van der Waals surface area contributed by atoms with Crippen LogP contribution in [0.15, 0.2) is 18.2 Å². The number of hydrogen-bond donors (Lipinski definition) is 2. The normalized spacial score (nSPS) is 11.8. The van der Waals surface area contributed by atoms with Crippen molar-refractivity contribution in [2.45, 2.75) is 6.18 Å². The van der Waals surface area contributed by atoms with E-state index in [0.717, 1.165) is 6.07 Å². The molecule has 0 spiro atoms. The number of rotatable bonds is 1. The van der Waals surface area contributed by atoms with Crippen molar-refractivity contribution in [1.29, 1.82) is 0 Å². The molecule has 17 heavy (non-hydrogen) atoms. The minimum atomic E-state index is -4.55. The second-order valence-electron chi connectivity index (χ2n) is 3.23. The molecule has 2 rings (SSSR count). The summed E-state index contributed by atoms with van der Waals surface area (Å²) >= 11 is 0. The third kappa shape index (κ3) is 2.19. The van der Waals surface area contributed by atoms with E-state index in [2.05, 4.69) is 15.2 Å². The molecule has 2 aromatic rings. The van der Waals surface area contributed by atoms with Crippen LogP contribution in [0, 0.1) is 5.82 Å². The second-order valence-corrected chi connectivity index (χ2v) is 3.23. The standard InChI is InChI=1S/C9H6F4N4/c10-6-2-1-4(9(11,12)13)3-5(6)7-15-8(14)17-16-7/h1-3H,(H3,14,15,16,17). The smallest absolute Gasteiger partial charge is 0.366 e. The van der Waals surface area contributed by atoms with Crippen molar-refractivity contribution in [2.24, 2.45) is 0 Å². The van der Waals surface area contributed by atoms with Gasteiger partial charge in [0.15, 0.2) is 5.82 Å². The first-order valence-electron chi connectivity index (χ1n) is 4.43. The summed E-state index contributed by atoms with van der Waals surface area (Å²) in [5, 5.41) is 5.67. The van der Waals surface area contributed by atoms with Gasteiger partial charge in [-0.15, -0.1) is 5.10 Å². The number of alkyl halides is 3. The number of nitrogens with one attached hydrogen (secondary N) is 1. The SMILES string of the molecule is Nc1n[nH]c(-c2cc(C(F)(F)F)ccc2F)n1. The van der Waals surface area contributed by atoms with Gasteiger partial charge in [0.05, 0.1) is 11.1 Å². The maximum atomic E-state index is 13.4. The summed E-state index contributed by atoms with van der Waals surface area (Å²) in [5.41, 5.74) is 3.89. The van der Waals surface area contributed by atoms with Crippen LogP contribution in [0.25, 0.3) is 11.4 Å². The van der Waals surface area contributed by atoms with Crippen LogP contribution in [0.5, 0.6) is 0 Å². The van der Waals surface area contributed by atoms with E-state index in [1.807, 2.05) is 0 Å². The van der Waals surface area contributed by atoms with Crippen molar-refractivity contribution >= 4 is 5.95 Å². The lowest BCUT2D eigenvalue weighted by molar-refractivity contribution is -0.137.